The van der Waals surface area contributed by atoms with Gasteiger partial charge < -0.3 is 14.9 Å². The predicted octanol–water partition coefficient (Wildman–Crippen LogP) is 2.17. The monoisotopic (exact) mass is 366 g/mol. The Bertz CT molecular complexity index is 408. The molecule has 1 aromatic carbocycles. The van der Waals surface area contributed by atoms with Gasteiger partial charge in [0.15, 0.2) is 6.10 Å². The number of benzene rings is 1. The Hall–Kier alpha value is -0.430. The van der Waals surface area contributed by atoms with E-state index in [4.69, 9.17) is 0 Å². The third kappa shape index (κ3) is 3.77. The van der Waals surface area contributed by atoms with Crippen LogP contribution in [0.4, 0.5) is 0 Å². The van der Waals surface area contributed by atoms with Crippen LogP contribution >= 0.6 is 31.9 Å². The first-order valence-electron chi connectivity index (χ1n) is 4.95. The van der Waals surface area contributed by atoms with Crippen LogP contribution in [0.2, 0.25) is 0 Å². The molecule has 94 valence electrons. The minimum atomic E-state index is -1.60. The fourth-order valence-electron chi connectivity index (χ4n) is 1.27. The van der Waals surface area contributed by atoms with Crippen molar-refractivity contribution in [3.63, 3.8) is 0 Å². The predicted molar refractivity (Wildman–Crippen MR) is 69.4 cm³/mol. The number of aliphatic hydroxyl groups is 2. The highest BCUT2D eigenvalue weighted by Gasteiger charge is 2.28. The quantitative estimate of drug-likeness (QED) is 0.800. The van der Waals surface area contributed by atoms with Gasteiger partial charge in [0.1, 0.15) is 6.10 Å². The maximum absolute atomic E-state index is 11.3. The summed E-state index contributed by atoms with van der Waals surface area (Å²) in [5.41, 5.74) is 0.417. The topological polar surface area (TPSA) is 66.8 Å². The van der Waals surface area contributed by atoms with Crippen LogP contribution in [0, 0.1) is 0 Å². The molecule has 17 heavy (non-hydrogen) atoms. The van der Waals surface area contributed by atoms with Crippen molar-refractivity contribution < 1.29 is 19.7 Å². The number of ether oxygens (including phenoxy) is 1. The average Bonchev–Trinajstić information content (AvgIpc) is 2.30. The molecule has 1 rings (SSSR count). The Labute approximate surface area is 116 Å². The van der Waals surface area contributed by atoms with Crippen molar-refractivity contribution in [3.05, 3.63) is 32.7 Å². The summed E-state index contributed by atoms with van der Waals surface area (Å²) < 4.78 is 5.99. The van der Waals surface area contributed by atoms with E-state index < -0.39 is 18.2 Å². The van der Waals surface area contributed by atoms with Gasteiger partial charge in [-0.1, -0.05) is 31.9 Å². The van der Waals surface area contributed by atoms with E-state index in [-0.39, 0.29) is 6.61 Å². The lowest BCUT2D eigenvalue weighted by Gasteiger charge is -2.18. The number of halogens is 2. The summed E-state index contributed by atoms with van der Waals surface area (Å²) in [6, 6.07) is 5.11. The van der Waals surface area contributed by atoms with Crippen LogP contribution < -0.4 is 0 Å². The van der Waals surface area contributed by atoms with Gasteiger partial charge in [0.25, 0.3) is 0 Å². The lowest BCUT2D eigenvalue weighted by Crippen LogP contribution is -2.30. The highest BCUT2D eigenvalue weighted by atomic mass is 79.9. The summed E-state index contributed by atoms with van der Waals surface area (Å²) in [6.07, 6.45) is -2.93. The number of carbonyl (C=O) groups excluding carboxylic acids is 1. The van der Waals surface area contributed by atoms with E-state index in [1.807, 2.05) is 0 Å². The zero-order valence-electron chi connectivity index (χ0n) is 9.06. The lowest BCUT2D eigenvalue weighted by molar-refractivity contribution is -0.159. The van der Waals surface area contributed by atoms with E-state index in [0.29, 0.717) is 10.0 Å². The van der Waals surface area contributed by atoms with Gasteiger partial charge >= 0.3 is 5.97 Å². The highest BCUT2D eigenvalue weighted by molar-refractivity contribution is 9.11. The SMILES string of the molecule is CCOC(=O)C(O)C(O)c1cc(Br)ccc1Br. The van der Waals surface area contributed by atoms with Gasteiger partial charge in [-0.15, -0.1) is 0 Å². The molecule has 2 atom stereocenters. The summed E-state index contributed by atoms with van der Waals surface area (Å²) in [5, 5.41) is 19.5. The summed E-state index contributed by atoms with van der Waals surface area (Å²) >= 11 is 6.50. The molecule has 0 aliphatic rings. The van der Waals surface area contributed by atoms with Crippen molar-refractivity contribution in [2.24, 2.45) is 0 Å². The fraction of sp³-hybridized carbons (Fsp3) is 0.364. The van der Waals surface area contributed by atoms with Crippen molar-refractivity contribution >= 4 is 37.8 Å². The van der Waals surface area contributed by atoms with Crippen LogP contribution in [0.5, 0.6) is 0 Å². The van der Waals surface area contributed by atoms with Crippen LogP contribution in [0.15, 0.2) is 27.1 Å². The summed E-state index contributed by atoms with van der Waals surface area (Å²) in [6.45, 7) is 1.79. The summed E-state index contributed by atoms with van der Waals surface area (Å²) in [5.74, 6) is -0.841. The van der Waals surface area contributed by atoms with Gasteiger partial charge in [0.05, 0.1) is 6.61 Å². The molecule has 0 aliphatic carbocycles. The van der Waals surface area contributed by atoms with E-state index in [1.165, 1.54) is 0 Å². The maximum Gasteiger partial charge on any atom is 0.338 e. The molecule has 6 heteroatoms. The molecule has 0 radical (unpaired) electrons. The molecule has 4 nitrogen and oxygen atoms in total. The standard InChI is InChI=1S/C11H12Br2O4/c1-2-17-11(16)10(15)9(14)7-5-6(12)3-4-8(7)13/h3-5,9-10,14-15H,2H2,1H3. The van der Waals surface area contributed by atoms with Crippen LogP contribution in [0.3, 0.4) is 0 Å². The van der Waals surface area contributed by atoms with Crippen LogP contribution in [-0.2, 0) is 9.53 Å². The molecule has 0 saturated carbocycles. The maximum atomic E-state index is 11.3. The number of hydrogen-bond acceptors (Lipinski definition) is 4. The van der Waals surface area contributed by atoms with Crippen LogP contribution in [0.25, 0.3) is 0 Å². The molecule has 2 N–H and O–H groups in total. The molecule has 0 aromatic heterocycles. The van der Waals surface area contributed by atoms with E-state index in [9.17, 15) is 15.0 Å². The molecule has 0 fully saturated rings. The van der Waals surface area contributed by atoms with Gasteiger partial charge in [-0.2, -0.15) is 0 Å². The zero-order chi connectivity index (χ0) is 13.0. The third-order valence-corrected chi connectivity index (χ3v) is 3.32. The molecule has 0 bridgehead atoms. The second-order valence-electron chi connectivity index (χ2n) is 3.31. The van der Waals surface area contributed by atoms with E-state index in [2.05, 4.69) is 36.6 Å². The largest absolute Gasteiger partial charge is 0.464 e. The van der Waals surface area contributed by atoms with Crippen LogP contribution in [0.1, 0.15) is 18.6 Å². The number of aliphatic hydroxyl groups excluding tert-OH is 2. The first-order chi connectivity index (χ1) is 7.97. The molecule has 2 unspecified atom stereocenters. The fourth-order valence-corrected chi connectivity index (χ4v) is 2.13. The van der Waals surface area contributed by atoms with Gasteiger partial charge in [0.2, 0.25) is 0 Å². The minimum Gasteiger partial charge on any atom is -0.464 e. The number of rotatable bonds is 4. The number of hydrogen-bond donors (Lipinski definition) is 2. The molecule has 0 spiro atoms. The van der Waals surface area contributed by atoms with Crippen molar-refractivity contribution in [2.75, 3.05) is 6.61 Å². The second-order valence-corrected chi connectivity index (χ2v) is 5.08. The Kier molecular flexibility index (Phi) is 5.58. The van der Waals surface area contributed by atoms with Crippen molar-refractivity contribution in [1.82, 2.24) is 0 Å². The van der Waals surface area contributed by atoms with Crippen LogP contribution in [-0.4, -0.2) is 28.9 Å². The Morgan fingerprint density at radius 2 is 2.06 bits per heavy atom. The molecule has 0 heterocycles. The molecular formula is C11H12Br2O4. The molecule has 1 aromatic rings. The summed E-state index contributed by atoms with van der Waals surface area (Å²) in [7, 11) is 0. The second kappa shape index (κ2) is 6.49. The smallest absolute Gasteiger partial charge is 0.338 e. The average molecular weight is 368 g/mol. The highest BCUT2D eigenvalue weighted by Crippen LogP contribution is 2.29. The Balaban J connectivity index is 2.91. The number of esters is 1. The molecular weight excluding hydrogens is 356 g/mol. The first kappa shape index (κ1) is 14.6. The normalized spacial score (nSPS) is 14.2. The molecule has 0 saturated heterocycles. The Morgan fingerprint density at radius 1 is 1.41 bits per heavy atom. The molecule has 0 amide bonds. The number of carbonyl (C=O) groups is 1. The first-order valence-corrected chi connectivity index (χ1v) is 6.53. The third-order valence-electron chi connectivity index (χ3n) is 2.10. The van der Waals surface area contributed by atoms with E-state index >= 15 is 0 Å². The van der Waals surface area contributed by atoms with Gasteiger partial charge in [-0.05, 0) is 30.7 Å². The summed E-state index contributed by atoms with van der Waals surface area (Å²) in [4.78, 5) is 11.3. The Morgan fingerprint density at radius 3 is 2.65 bits per heavy atom. The van der Waals surface area contributed by atoms with Gasteiger partial charge in [-0.25, -0.2) is 4.79 Å². The molecule has 0 aliphatic heterocycles. The van der Waals surface area contributed by atoms with Crippen molar-refractivity contribution in [3.8, 4) is 0 Å². The van der Waals surface area contributed by atoms with Crippen molar-refractivity contribution in [2.45, 2.75) is 19.1 Å². The zero-order valence-corrected chi connectivity index (χ0v) is 12.2. The van der Waals surface area contributed by atoms with Gasteiger partial charge in [0, 0.05) is 8.95 Å². The van der Waals surface area contributed by atoms with E-state index in [1.54, 1.807) is 25.1 Å². The van der Waals surface area contributed by atoms with Gasteiger partial charge in [-0.3, -0.25) is 0 Å². The van der Waals surface area contributed by atoms with Crippen molar-refractivity contribution in [1.29, 1.82) is 0 Å². The van der Waals surface area contributed by atoms with E-state index in [0.717, 1.165) is 4.47 Å². The minimum absolute atomic E-state index is 0.155. The lowest BCUT2D eigenvalue weighted by atomic mass is 10.0.